The number of hydrogen-bond acceptors (Lipinski definition) is 8. The Morgan fingerprint density at radius 1 is 1.41 bits per heavy atom. The first-order chi connectivity index (χ1) is 13.7. The summed E-state index contributed by atoms with van der Waals surface area (Å²) in [6.07, 6.45) is 2.34. The Hall–Kier alpha value is -2.40. The summed E-state index contributed by atoms with van der Waals surface area (Å²) in [6, 6.07) is 0.0353. The van der Waals surface area contributed by atoms with Gasteiger partial charge in [0.15, 0.2) is 0 Å². The van der Waals surface area contributed by atoms with E-state index in [0.29, 0.717) is 52.5 Å². The SMILES string of the molecule is CCn1c(-c2nonc2[AsH2])nc2c(C#CC(C)(C)O)ncc(OCC[C@H](C)N)c21. The molecule has 3 rings (SSSR count). The molecular formula is C19H25AsN6O3. The Kier molecular flexibility index (Phi) is 6.27. The topological polar surface area (TPSA) is 125 Å². The molecule has 0 radical (unpaired) electrons. The molecule has 3 heterocycles. The van der Waals surface area contributed by atoms with Gasteiger partial charge in [0.1, 0.15) is 0 Å². The first kappa shape index (κ1) is 21.3. The van der Waals surface area contributed by atoms with E-state index in [1.54, 1.807) is 20.0 Å². The average Bonchev–Trinajstić information content (AvgIpc) is 3.22. The van der Waals surface area contributed by atoms with Crippen LogP contribution in [0, 0.1) is 11.8 Å². The first-order valence-corrected chi connectivity index (χ1v) is 10.5. The molecule has 0 amide bonds. The van der Waals surface area contributed by atoms with Crippen LogP contribution in [-0.4, -0.2) is 65.1 Å². The Morgan fingerprint density at radius 3 is 2.76 bits per heavy atom. The van der Waals surface area contributed by atoms with E-state index < -0.39 is 5.60 Å². The van der Waals surface area contributed by atoms with Crippen LogP contribution >= 0.6 is 0 Å². The second kappa shape index (κ2) is 8.54. The maximum absolute atomic E-state index is 9.97. The molecule has 2 atom stereocenters. The zero-order valence-electron chi connectivity index (χ0n) is 16.9. The van der Waals surface area contributed by atoms with Crippen molar-refractivity contribution in [2.45, 2.75) is 52.3 Å². The van der Waals surface area contributed by atoms with Crippen molar-refractivity contribution in [2.75, 3.05) is 6.61 Å². The first-order valence-electron chi connectivity index (χ1n) is 9.32. The standard InChI is InChI=1S/C19H25AsN6O3/c1-5-26-16-13(28-9-7-11(2)21)10-22-12(6-8-19(3,4)27)14(16)23-18(26)15-17(20)25-29-24-15/h10-11,27H,5,7,9,20-21H2,1-4H3/t11-/m0/s1. The predicted molar refractivity (Wildman–Crippen MR) is 112 cm³/mol. The summed E-state index contributed by atoms with van der Waals surface area (Å²) in [5, 5.41) is 17.9. The Labute approximate surface area is 177 Å². The number of aryl methyl sites for hydroxylation is 1. The van der Waals surface area contributed by atoms with Crippen molar-refractivity contribution in [2.24, 2.45) is 5.73 Å². The third-order valence-corrected chi connectivity index (χ3v) is 4.89. The summed E-state index contributed by atoms with van der Waals surface area (Å²) < 4.78 is 13.5. The van der Waals surface area contributed by atoms with E-state index in [4.69, 9.17) is 20.1 Å². The van der Waals surface area contributed by atoms with Gasteiger partial charge in [-0.25, -0.2) is 0 Å². The molecule has 0 aliphatic rings. The van der Waals surface area contributed by atoms with Crippen LogP contribution in [0.3, 0.4) is 0 Å². The van der Waals surface area contributed by atoms with Gasteiger partial charge in [-0.3, -0.25) is 0 Å². The van der Waals surface area contributed by atoms with E-state index in [-0.39, 0.29) is 6.04 Å². The van der Waals surface area contributed by atoms with Crippen molar-refractivity contribution < 1.29 is 14.5 Å². The van der Waals surface area contributed by atoms with Crippen LogP contribution in [0.2, 0.25) is 0 Å². The van der Waals surface area contributed by atoms with Crippen LogP contribution in [-0.2, 0) is 6.54 Å². The Morgan fingerprint density at radius 2 is 2.17 bits per heavy atom. The van der Waals surface area contributed by atoms with Gasteiger partial charge in [0.25, 0.3) is 0 Å². The van der Waals surface area contributed by atoms with Gasteiger partial charge in [-0.2, -0.15) is 0 Å². The number of hydrogen-bond donors (Lipinski definition) is 2. The van der Waals surface area contributed by atoms with Gasteiger partial charge in [-0.1, -0.05) is 0 Å². The number of ether oxygens (including phenoxy) is 1. The molecule has 3 aromatic rings. The molecule has 0 fully saturated rings. The number of nitrogens with zero attached hydrogens (tertiary/aromatic N) is 5. The van der Waals surface area contributed by atoms with Crippen LogP contribution in [0.4, 0.5) is 0 Å². The summed E-state index contributed by atoms with van der Waals surface area (Å²) in [4.78, 5) is 9.18. The number of aromatic nitrogens is 5. The maximum atomic E-state index is 9.97. The van der Waals surface area contributed by atoms with E-state index in [2.05, 4.69) is 27.1 Å². The quantitative estimate of drug-likeness (QED) is 0.389. The van der Waals surface area contributed by atoms with Crippen molar-refractivity contribution in [1.82, 2.24) is 24.8 Å². The number of nitrogens with two attached hydrogens (primary N) is 1. The van der Waals surface area contributed by atoms with E-state index in [1.165, 1.54) is 16.9 Å². The van der Waals surface area contributed by atoms with Crippen molar-refractivity contribution >= 4 is 32.4 Å². The van der Waals surface area contributed by atoms with Crippen molar-refractivity contribution in [3.8, 4) is 29.1 Å². The Bertz CT molecular complexity index is 1070. The number of pyridine rings is 1. The third-order valence-electron chi connectivity index (χ3n) is 4.10. The molecule has 3 aromatic heterocycles. The van der Waals surface area contributed by atoms with Crippen LogP contribution in [0.25, 0.3) is 22.6 Å². The van der Waals surface area contributed by atoms with Crippen molar-refractivity contribution in [3.63, 3.8) is 0 Å². The van der Waals surface area contributed by atoms with Gasteiger partial charge in [0.05, 0.1) is 0 Å². The van der Waals surface area contributed by atoms with Crippen LogP contribution in [0.15, 0.2) is 10.8 Å². The minimum absolute atomic E-state index is 0.0353. The zero-order valence-corrected chi connectivity index (χ0v) is 19.4. The number of fused-ring (bicyclic) bond motifs is 1. The van der Waals surface area contributed by atoms with Crippen LogP contribution in [0.1, 0.15) is 39.8 Å². The van der Waals surface area contributed by atoms with E-state index in [9.17, 15) is 5.11 Å². The van der Waals surface area contributed by atoms with Crippen molar-refractivity contribution in [3.05, 3.63) is 11.9 Å². The van der Waals surface area contributed by atoms with Crippen molar-refractivity contribution in [1.29, 1.82) is 0 Å². The molecule has 0 saturated heterocycles. The molecular weight excluding hydrogens is 435 g/mol. The molecule has 0 aliphatic carbocycles. The van der Waals surface area contributed by atoms with Gasteiger partial charge in [-0.15, -0.1) is 0 Å². The minimum atomic E-state index is -1.15. The monoisotopic (exact) mass is 460 g/mol. The van der Waals surface area contributed by atoms with E-state index in [1.807, 2.05) is 18.4 Å². The van der Waals surface area contributed by atoms with Gasteiger partial charge in [-0.05, 0) is 0 Å². The normalized spacial score (nSPS) is 12.7. The van der Waals surface area contributed by atoms with Gasteiger partial charge >= 0.3 is 177 Å². The summed E-state index contributed by atoms with van der Waals surface area (Å²) >= 11 is 1.29. The van der Waals surface area contributed by atoms with Gasteiger partial charge < -0.3 is 0 Å². The molecule has 0 spiro atoms. The summed E-state index contributed by atoms with van der Waals surface area (Å²) in [7, 11) is 0. The predicted octanol–water partition coefficient (Wildman–Crippen LogP) is -0.00190. The number of aliphatic hydroxyl groups is 1. The summed E-state index contributed by atoms with van der Waals surface area (Å²) in [6.45, 7) is 8.25. The molecule has 29 heavy (non-hydrogen) atoms. The fraction of sp³-hybridized carbons (Fsp3) is 0.474. The molecule has 0 bridgehead atoms. The Balaban J connectivity index is 2.21. The van der Waals surface area contributed by atoms with E-state index in [0.717, 1.165) is 5.52 Å². The molecule has 154 valence electrons. The zero-order chi connectivity index (χ0) is 21.2. The molecule has 0 saturated carbocycles. The fourth-order valence-electron chi connectivity index (χ4n) is 2.72. The van der Waals surface area contributed by atoms with Gasteiger partial charge in [0.2, 0.25) is 0 Å². The third kappa shape index (κ3) is 4.78. The molecule has 0 aromatic carbocycles. The van der Waals surface area contributed by atoms with Crippen LogP contribution < -0.4 is 15.0 Å². The second-order valence-corrected chi connectivity index (χ2v) is 8.42. The average molecular weight is 460 g/mol. The second-order valence-electron chi connectivity index (χ2n) is 7.27. The number of rotatable bonds is 6. The molecule has 10 heteroatoms. The number of imidazole rings is 1. The van der Waals surface area contributed by atoms with Gasteiger partial charge in [0, 0.05) is 0 Å². The molecule has 9 nitrogen and oxygen atoms in total. The summed E-state index contributed by atoms with van der Waals surface area (Å²) in [5.74, 6) is 6.93. The van der Waals surface area contributed by atoms with E-state index >= 15 is 0 Å². The summed E-state index contributed by atoms with van der Waals surface area (Å²) in [5.41, 5.74) is 7.05. The molecule has 0 aliphatic heterocycles. The molecule has 3 N–H and O–H groups in total. The fourth-order valence-corrected chi connectivity index (χ4v) is 3.20. The van der Waals surface area contributed by atoms with Crippen LogP contribution in [0.5, 0.6) is 5.75 Å². The molecule has 1 unspecified atom stereocenters.